The number of benzene rings is 3. The predicted octanol–water partition coefficient (Wildman–Crippen LogP) is 4.18. The highest BCUT2D eigenvalue weighted by Gasteiger charge is 2.20. The first-order valence-corrected chi connectivity index (χ1v) is 10.4. The fourth-order valence-electron chi connectivity index (χ4n) is 2.48. The summed E-state index contributed by atoms with van der Waals surface area (Å²) in [6, 6.07) is 20.0. The molecule has 6 nitrogen and oxygen atoms in total. The van der Waals surface area contributed by atoms with Gasteiger partial charge in [-0.1, -0.05) is 54.1 Å². The van der Waals surface area contributed by atoms with Gasteiger partial charge in [-0.2, -0.15) is 0 Å². The van der Waals surface area contributed by atoms with Crippen LogP contribution in [0.15, 0.2) is 83.8 Å². The topological polar surface area (TPSA) is 89.5 Å². The average molecular weight is 430 g/mol. The normalized spacial score (nSPS) is 10.9. The number of Topliss-reactive ketones (excluding diaryl/α,β-unsaturated/α-hetero) is 1. The maximum atomic E-state index is 12.6. The lowest BCUT2D eigenvalue weighted by atomic mass is 10.1. The van der Waals surface area contributed by atoms with Crippen LogP contribution >= 0.6 is 11.6 Å². The molecule has 1 N–H and O–H groups in total. The molecule has 0 saturated heterocycles. The molecule has 0 aromatic heterocycles. The van der Waals surface area contributed by atoms with Crippen LogP contribution in [0.1, 0.15) is 20.7 Å². The van der Waals surface area contributed by atoms with E-state index in [1.807, 2.05) is 0 Å². The van der Waals surface area contributed by atoms with Gasteiger partial charge in [-0.05, 0) is 36.4 Å². The first-order valence-electron chi connectivity index (χ1n) is 8.49. The Balaban J connectivity index is 1.75. The van der Waals surface area contributed by atoms with Crippen LogP contribution in [0.4, 0.5) is 5.69 Å². The first kappa shape index (κ1) is 20.6. The Hall–Kier alpha value is -3.16. The molecular formula is C21H16ClNO5S. The van der Waals surface area contributed by atoms with Crippen LogP contribution in [0, 0.1) is 0 Å². The summed E-state index contributed by atoms with van der Waals surface area (Å²) >= 11 is 5.79. The Labute approximate surface area is 173 Å². The maximum Gasteiger partial charge on any atom is 0.340 e. The SMILES string of the molecule is O=C(COC(=O)c1ccccc1NS(=O)(=O)c1ccc(Cl)cc1)c1ccccc1. The number of halogens is 1. The molecule has 8 heteroatoms. The van der Waals surface area contributed by atoms with Gasteiger partial charge in [-0.3, -0.25) is 9.52 Å². The molecule has 0 atom stereocenters. The van der Waals surface area contributed by atoms with Crippen molar-refractivity contribution in [3.63, 3.8) is 0 Å². The van der Waals surface area contributed by atoms with Crippen LogP contribution < -0.4 is 4.72 Å². The van der Waals surface area contributed by atoms with Gasteiger partial charge in [0.1, 0.15) is 0 Å². The number of ether oxygens (including phenoxy) is 1. The van der Waals surface area contributed by atoms with E-state index in [0.717, 1.165) is 0 Å². The van der Waals surface area contributed by atoms with Crippen molar-refractivity contribution >= 4 is 39.1 Å². The molecule has 3 aromatic rings. The zero-order valence-electron chi connectivity index (χ0n) is 15.0. The van der Waals surface area contributed by atoms with Gasteiger partial charge in [0, 0.05) is 10.6 Å². The Bertz CT molecular complexity index is 1130. The predicted molar refractivity (Wildman–Crippen MR) is 110 cm³/mol. The molecule has 0 spiro atoms. The van der Waals surface area contributed by atoms with Crippen molar-refractivity contribution in [3.8, 4) is 0 Å². The van der Waals surface area contributed by atoms with Crippen molar-refractivity contribution < 1.29 is 22.7 Å². The monoisotopic (exact) mass is 429 g/mol. The summed E-state index contributed by atoms with van der Waals surface area (Å²) in [4.78, 5) is 24.5. The van der Waals surface area contributed by atoms with E-state index in [2.05, 4.69) is 4.72 Å². The average Bonchev–Trinajstić information content (AvgIpc) is 2.73. The molecule has 3 rings (SSSR count). The van der Waals surface area contributed by atoms with Gasteiger partial charge in [-0.25, -0.2) is 13.2 Å². The van der Waals surface area contributed by atoms with Crippen LogP contribution in [0.3, 0.4) is 0 Å². The summed E-state index contributed by atoms with van der Waals surface area (Å²) in [6.45, 7) is -0.457. The molecule has 0 radical (unpaired) electrons. The summed E-state index contributed by atoms with van der Waals surface area (Å²) in [5.74, 6) is -1.18. The number of carbonyl (C=O) groups excluding carboxylic acids is 2. The van der Waals surface area contributed by atoms with Crippen LogP contribution in [0.25, 0.3) is 0 Å². The number of ketones is 1. The molecule has 0 aliphatic carbocycles. The van der Waals surface area contributed by atoms with Crippen LogP contribution in [0.2, 0.25) is 5.02 Å². The molecule has 0 aliphatic rings. The third-order valence-electron chi connectivity index (χ3n) is 3.95. The number of hydrogen-bond donors (Lipinski definition) is 1. The minimum absolute atomic E-state index is 0.00843. The number of hydrogen-bond acceptors (Lipinski definition) is 5. The van der Waals surface area contributed by atoms with E-state index in [4.69, 9.17) is 16.3 Å². The molecule has 3 aromatic carbocycles. The molecule has 0 heterocycles. The standard InChI is InChI=1S/C21H16ClNO5S/c22-16-10-12-17(13-11-16)29(26,27)23-19-9-5-4-8-18(19)21(25)28-14-20(24)15-6-2-1-3-7-15/h1-13,23H,14H2. The van der Waals surface area contributed by atoms with Gasteiger partial charge in [0.15, 0.2) is 12.4 Å². The minimum atomic E-state index is -3.94. The van der Waals surface area contributed by atoms with E-state index in [0.29, 0.717) is 10.6 Å². The van der Waals surface area contributed by atoms with E-state index >= 15 is 0 Å². The van der Waals surface area contributed by atoms with Gasteiger partial charge in [0.2, 0.25) is 0 Å². The molecule has 148 valence electrons. The zero-order chi connectivity index (χ0) is 20.9. The van der Waals surface area contributed by atoms with Crippen LogP contribution in [-0.2, 0) is 14.8 Å². The van der Waals surface area contributed by atoms with E-state index in [1.54, 1.807) is 42.5 Å². The lowest BCUT2D eigenvalue weighted by molar-refractivity contribution is 0.0476. The van der Waals surface area contributed by atoms with Crippen molar-refractivity contribution in [2.24, 2.45) is 0 Å². The van der Waals surface area contributed by atoms with Gasteiger partial charge in [0.25, 0.3) is 10.0 Å². The molecule has 0 fully saturated rings. The number of para-hydroxylation sites is 1. The lowest BCUT2D eigenvalue weighted by Gasteiger charge is -2.12. The van der Waals surface area contributed by atoms with Crippen molar-refractivity contribution in [3.05, 3.63) is 95.0 Å². The van der Waals surface area contributed by atoms with Crippen LogP contribution in [0.5, 0.6) is 0 Å². The largest absolute Gasteiger partial charge is 0.454 e. The maximum absolute atomic E-state index is 12.6. The van der Waals surface area contributed by atoms with Gasteiger partial charge < -0.3 is 4.74 Å². The summed E-state index contributed by atoms with van der Waals surface area (Å²) < 4.78 is 32.6. The smallest absolute Gasteiger partial charge is 0.340 e. The highest BCUT2D eigenvalue weighted by molar-refractivity contribution is 7.92. The van der Waals surface area contributed by atoms with Crippen molar-refractivity contribution in [1.29, 1.82) is 0 Å². The molecule has 0 aliphatic heterocycles. The highest BCUT2D eigenvalue weighted by Crippen LogP contribution is 2.22. The van der Waals surface area contributed by atoms with Crippen LogP contribution in [-0.4, -0.2) is 26.8 Å². The second-order valence-electron chi connectivity index (χ2n) is 5.97. The van der Waals surface area contributed by atoms with E-state index < -0.39 is 22.6 Å². The lowest BCUT2D eigenvalue weighted by Crippen LogP contribution is -2.18. The van der Waals surface area contributed by atoms with Crippen molar-refractivity contribution in [1.82, 2.24) is 0 Å². The molecule has 0 unspecified atom stereocenters. The number of anilines is 1. The molecule has 0 amide bonds. The summed E-state index contributed by atoms with van der Waals surface area (Å²) in [5, 5.41) is 0.399. The first-order chi connectivity index (χ1) is 13.9. The Morgan fingerprint density at radius 2 is 1.48 bits per heavy atom. The number of rotatable bonds is 7. The van der Waals surface area contributed by atoms with Gasteiger partial charge in [0.05, 0.1) is 16.1 Å². The second kappa shape index (κ2) is 8.89. The number of carbonyl (C=O) groups is 2. The number of sulfonamides is 1. The summed E-state index contributed by atoms with van der Waals surface area (Å²) in [6.07, 6.45) is 0. The summed E-state index contributed by atoms with van der Waals surface area (Å²) in [5.41, 5.74) is 0.447. The van der Waals surface area contributed by atoms with Crippen molar-refractivity contribution in [2.45, 2.75) is 4.90 Å². The zero-order valence-corrected chi connectivity index (χ0v) is 16.6. The molecule has 29 heavy (non-hydrogen) atoms. The van der Waals surface area contributed by atoms with E-state index in [1.165, 1.54) is 36.4 Å². The molecular weight excluding hydrogens is 414 g/mol. The van der Waals surface area contributed by atoms with Gasteiger partial charge >= 0.3 is 5.97 Å². The molecule has 0 bridgehead atoms. The quantitative estimate of drug-likeness (QED) is 0.449. The number of esters is 1. The fraction of sp³-hybridized carbons (Fsp3) is 0.0476. The Kier molecular flexibility index (Phi) is 6.31. The third-order valence-corrected chi connectivity index (χ3v) is 5.58. The van der Waals surface area contributed by atoms with E-state index in [9.17, 15) is 18.0 Å². The van der Waals surface area contributed by atoms with Crippen molar-refractivity contribution in [2.75, 3.05) is 11.3 Å². The second-order valence-corrected chi connectivity index (χ2v) is 8.09. The summed E-state index contributed by atoms with van der Waals surface area (Å²) in [7, 11) is -3.94. The highest BCUT2D eigenvalue weighted by atomic mass is 35.5. The fourth-order valence-corrected chi connectivity index (χ4v) is 3.69. The third kappa shape index (κ3) is 5.22. The Morgan fingerprint density at radius 1 is 0.862 bits per heavy atom. The van der Waals surface area contributed by atoms with Gasteiger partial charge in [-0.15, -0.1) is 0 Å². The minimum Gasteiger partial charge on any atom is -0.454 e. The Morgan fingerprint density at radius 3 is 2.17 bits per heavy atom. The van der Waals surface area contributed by atoms with E-state index in [-0.39, 0.29) is 21.9 Å². The molecule has 0 saturated carbocycles. The number of nitrogens with one attached hydrogen (secondary N) is 1.